The van der Waals surface area contributed by atoms with Crippen LogP contribution in [0, 0.1) is 0 Å². The van der Waals surface area contributed by atoms with E-state index in [0.29, 0.717) is 19.4 Å². The van der Waals surface area contributed by atoms with Gasteiger partial charge in [0.25, 0.3) is 0 Å². The number of ketones is 1. The van der Waals surface area contributed by atoms with E-state index in [1.54, 1.807) is 6.92 Å². The average molecular weight is 174 g/mol. The molecule has 3 heteroatoms. The first-order valence-corrected chi connectivity index (χ1v) is 4.46. The summed E-state index contributed by atoms with van der Waals surface area (Å²) >= 11 is 0. The number of aliphatic hydroxyl groups is 1. The van der Waals surface area contributed by atoms with Crippen molar-refractivity contribution in [1.82, 2.24) is 0 Å². The van der Waals surface area contributed by atoms with Crippen molar-refractivity contribution in [3.8, 4) is 0 Å². The van der Waals surface area contributed by atoms with Crippen LogP contribution in [0.3, 0.4) is 0 Å². The van der Waals surface area contributed by atoms with Crippen molar-refractivity contribution in [3.05, 3.63) is 0 Å². The monoisotopic (exact) mass is 174 g/mol. The molecule has 0 amide bonds. The van der Waals surface area contributed by atoms with Crippen molar-refractivity contribution >= 4 is 5.78 Å². The van der Waals surface area contributed by atoms with Crippen molar-refractivity contribution in [2.45, 2.75) is 45.8 Å². The molecule has 1 atom stereocenters. The van der Waals surface area contributed by atoms with E-state index in [4.69, 9.17) is 9.84 Å². The number of unbranched alkanes of at least 4 members (excludes halogenated alkanes) is 1. The highest BCUT2D eigenvalue weighted by Crippen LogP contribution is 2.04. The predicted molar refractivity (Wildman–Crippen MR) is 46.8 cm³/mol. The molecule has 3 nitrogen and oxygen atoms in total. The second-order valence-corrected chi connectivity index (χ2v) is 2.86. The number of hydrogen-bond acceptors (Lipinski definition) is 3. The molecule has 0 spiro atoms. The van der Waals surface area contributed by atoms with Crippen LogP contribution in [-0.4, -0.2) is 23.8 Å². The third-order valence-corrected chi connectivity index (χ3v) is 1.59. The fraction of sp³-hybridized carbons (Fsp3) is 0.889. The quantitative estimate of drug-likeness (QED) is 0.470. The molecule has 0 aromatic carbocycles. The van der Waals surface area contributed by atoms with E-state index in [1.807, 2.05) is 6.92 Å². The van der Waals surface area contributed by atoms with Crippen molar-refractivity contribution in [2.24, 2.45) is 0 Å². The van der Waals surface area contributed by atoms with Crippen LogP contribution in [-0.2, 0) is 9.53 Å². The molecular weight excluding hydrogens is 156 g/mol. The van der Waals surface area contributed by atoms with Crippen LogP contribution >= 0.6 is 0 Å². The Morgan fingerprint density at radius 1 is 1.50 bits per heavy atom. The molecule has 0 aromatic rings. The van der Waals surface area contributed by atoms with E-state index >= 15 is 0 Å². The smallest absolute Gasteiger partial charge is 0.154 e. The topological polar surface area (TPSA) is 46.5 Å². The summed E-state index contributed by atoms with van der Waals surface area (Å²) in [4.78, 5) is 10.5. The normalized spacial score (nSPS) is 12.9. The van der Waals surface area contributed by atoms with Gasteiger partial charge >= 0.3 is 0 Å². The maximum Gasteiger partial charge on any atom is 0.154 e. The Bertz CT molecular complexity index is 123. The molecule has 1 unspecified atom stereocenters. The van der Waals surface area contributed by atoms with E-state index in [-0.39, 0.29) is 5.78 Å². The van der Waals surface area contributed by atoms with E-state index in [0.717, 1.165) is 12.8 Å². The van der Waals surface area contributed by atoms with E-state index in [1.165, 1.54) is 0 Å². The van der Waals surface area contributed by atoms with Crippen LogP contribution in [0.1, 0.15) is 39.5 Å². The van der Waals surface area contributed by atoms with Crippen LogP contribution < -0.4 is 0 Å². The van der Waals surface area contributed by atoms with Crippen molar-refractivity contribution in [2.75, 3.05) is 6.61 Å². The van der Waals surface area contributed by atoms with Gasteiger partial charge in [-0.3, -0.25) is 0 Å². The standard InChI is InChI=1S/C9H18O3/c1-3-12-9(11)7-5-4-6-8(2)10/h9,11H,3-7H2,1-2H3. The number of hydrogen-bond donors (Lipinski definition) is 1. The molecule has 1 N–H and O–H groups in total. The number of carbonyl (C=O) groups is 1. The lowest BCUT2D eigenvalue weighted by Crippen LogP contribution is -2.11. The summed E-state index contributed by atoms with van der Waals surface area (Å²) in [6, 6.07) is 0. The Hall–Kier alpha value is -0.410. The van der Waals surface area contributed by atoms with Gasteiger partial charge in [-0.15, -0.1) is 0 Å². The zero-order valence-corrected chi connectivity index (χ0v) is 7.88. The fourth-order valence-electron chi connectivity index (χ4n) is 0.969. The van der Waals surface area contributed by atoms with Crippen molar-refractivity contribution < 1.29 is 14.6 Å². The number of rotatable bonds is 7. The van der Waals surface area contributed by atoms with Crippen molar-refractivity contribution in [1.29, 1.82) is 0 Å². The lowest BCUT2D eigenvalue weighted by Gasteiger charge is -2.08. The third kappa shape index (κ3) is 7.69. The van der Waals surface area contributed by atoms with Crippen LogP contribution in [0.2, 0.25) is 0 Å². The minimum absolute atomic E-state index is 0.209. The molecule has 0 saturated carbocycles. The molecule has 0 rings (SSSR count). The Labute approximate surface area is 73.7 Å². The Kier molecular flexibility index (Phi) is 7.00. The van der Waals surface area contributed by atoms with E-state index < -0.39 is 6.29 Å². The summed E-state index contributed by atoms with van der Waals surface area (Å²) in [5, 5.41) is 9.11. The van der Waals surface area contributed by atoms with E-state index in [2.05, 4.69) is 0 Å². The highest BCUT2D eigenvalue weighted by Gasteiger charge is 2.02. The first-order chi connectivity index (χ1) is 5.66. The molecule has 0 aliphatic carbocycles. The van der Waals surface area contributed by atoms with Crippen LogP contribution in [0.25, 0.3) is 0 Å². The largest absolute Gasteiger partial charge is 0.368 e. The number of ether oxygens (including phenoxy) is 1. The van der Waals surface area contributed by atoms with Crippen LogP contribution in [0.4, 0.5) is 0 Å². The molecule has 0 bridgehead atoms. The lowest BCUT2D eigenvalue weighted by molar-refractivity contribution is -0.117. The molecule has 0 saturated heterocycles. The summed E-state index contributed by atoms with van der Waals surface area (Å²) in [5.41, 5.74) is 0. The second-order valence-electron chi connectivity index (χ2n) is 2.86. The highest BCUT2D eigenvalue weighted by molar-refractivity contribution is 5.75. The van der Waals surface area contributed by atoms with Gasteiger partial charge in [-0.1, -0.05) is 0 Å². The summed E-state index contributed by atoms with van der Waals surface area (Å²) in [7, 11) is 0. The molecule has 0 aromatic heterocycles. The fourth-order valence-corrected chi connectivity index (χ4v) is 0.969. The molecule has 0 fully saturated rings. The first kappa shape index (κ1) is 11.6. The highest BCUT2D eigenvalue weighted by atomic mass is 16.6. The van der Waals surface area contributed by atoms with E-state index in [9.17, 15) is 4.79 Å². The molecule has 0 heterocycles. The van der Waals surface area contributed by atoms with Gasteiger partial charge < -0.3 is 14.6 Å². The van der Waals surface area contributed by atoms with Gasteiger partial charge in [-0.05, 0) is 33.1 Å². The SMILES string of the molecule is CCOC(O)CCCCC(C)=O. The maximum atomic E-state index is 10.5. The second kappa shape index (κ2) is 7.25. The molecule has 0 aliphatic rings. The number of carbonyl (C=O) groups excluding carboxylic acids is 1. The lowest BCUT2D eigenvalue weighted by atomic mass is 10.1. The summed E-state index contributed by atoms with van der Waals surface area (Å²) in [5.74, 6) is 0.209. The Balaban J connectivity index is 3.13. The van der Waals surface area contributed by atoms with Gasteiger partial charge in [-0.2, -0.15) is 0 Å². The Morgan fingerprint density at radius 2 is 2.17 bits per heavy atom. The van der Waals surface area contributed by atoms with Gasteiger partial charge in [0.1, 0.15) is 5.78 Å². The minimum atomic E-state index is -0.651. The zero-order valence-electron chi connectivity index (χ0n) is 7.88. The molecule has 12 heavy (non-hydrogen) atoms. The summed E-state index contributed by atoms with van der Waals surface area (Å²) in [6.07, 6.45) is 2.28. The first-order valence-electron chi connectivity index (χ1n) is 4.46. The summed E-state index contributed by atoms with van der Waals surface area (Å²) in [6.45, 7) is 3.96. The average Bonchev–Trinajstić information content (AvgIpc) is 1.98. The molecule has 0 aliphatic heterocycles. The zero-order chi connectivity index (χ0) is 9.40. The Morgan fingerprint density at radius 3 is 2.67 bits per heavy atom. The van der Waals surface area contributed by atoms with Crippen molar-refractivity contribution in [3.63, 3.8) is 0 Å². The van der Waals surface area contributed by atoms with Gasteiger partial charge in [-0.25, -0.2) is 0 Å². The third-order valence-electron chi connectivity index (χ3n) is 1.59. The van der Waals surface area contributed by atoms with Crippen LogP contribution in [0.5, 0.6) is 0 Å². The predicted octanol–water partition coefficient (Wildman–Crippen LogP) is 1.49. The molecular formula is C9H18O3. The molecule has 72 valence electrons. The van der Waals surface area contributed by atoms with Gasteiger partial charge in [0.05, 0.1) is 0 Å². The summed E-state index contributed by atoms with van der Waals surface area (Å²) < 4.78 is 4.92. The number of Topliss-reactive ketones (excluding diaryl/α,β-unsaturated/α-hetero) is 1. The van der Waals surface area contributed by atoms with Gasteiger partial charge in [0.2, 0.25) is 0 Å². The number of aliphatic hydroxyl groups excluding tert-OH is 1. The maximum absolute atomic E-state index is 10.5. The van der Waals surface area contributed by atoms with Crippen LogP contribution in [0.15, 0.2) is 0 Å². The molecule has 0 radical (unpaired) electrons. The van der Waals surface area contributed by atoms with Gasteiger partial charge in [0, 0.05) is 13.0 Å². The minimum Gasteiger partial charge on any atom is -0.368 e. The van der Waals surface area contributed by atoms with Gasteiger partial charge in [0.15, 0.2) is 6.29 Å².